The Morgan fingerprint density at radius 2 is 1.38 bits per heavy atom. The summed E-state index contributed by atoms with van der Waals surface area (Å²) >= 11 is 5.90. The summed E-state index contributed by atoms with van der Waals surface area (Å²) < 4.78 is 11.7. The van der Waals surface area contributed by atoms with Crippen LogP contribution in [-0.2, 0) is 6.54 Å². The first-order valence-electron chi connectivity index (χ1n) is 11.1. The molecule has 0 aromatic heterocycles. The van der Waals surface area contributed by atoms with Crippen molar-refractivity contribution in [3.05, 3.63) is 83.4 Å². The molecule has 0 aliphatic rings. The maximum atomic E-state index is 5.90. The average molecular weight is 454 g/mol. The van der Waals surface area contributed by atoms with Gasteiger partial charge in [-0.15, -0.1) is 0 Å². The van der Waals surface area contributed by atoms with Gasteiger partial charge in [-0.25, -0.2) is 5.43 Å². The van der Waals surface area contributed by atoms with Crippen molar-refractivity contribution >= 4 is 17.3 Å². The SMILES string of the molecule is CCN(CC)CCCOc1ccc(CNNc2ccc(Oc3ccc(Cl)cc3)cc2)cc1. The molecular weight excluding hydrogens is 422 g/mol. The fraction of sp³-hybridized carbons (Fsp3) is 0.308. The summed E-state index contributed by atoms with van der Waals surface area (Å²) in [7, 11) is 0. The van der Waals surface area contributed by atoms with Crippen LogP contribution in [0.2, 0.25) is 5.02 Å². The van der Waals surface area contributed by atoms with Crippen LogP contribution in [0.4, 0.5) is 5.69 Å². The van der Waals surface area contributed by atoms with Gasteiger partial charge in [-0.1, -0.05) is 37.6 Å². The second-order valence-corrected chi connectivity index (χ2v) is 7.87. The Morgan fingerprint density at radius 3 is 2.00 bits per heavy atom. The molecule has 0 atom stereocenters. The lowest BCUT2D eigenvalue weighted by Crippen LogP contribution is -2.25. The van der Waals surface area contributed by atoms with E-state index in [1.807, 2.05) is 60.7 Å². The number of ether oxygens (including phenoxy) is 2. The highest BCUT2D eigenvalue weighted by molar-refractivity contribution is 6.30. The standard InChI is InChI=1S/C26H32ClN3O2/c1-3-30(4-2)18-5-19-31-24-12-6-21(7-13-24)20-28-29-23-10-16-26(17-11-23)32-25-14-8-22(27)9-15-25/h6-17,28-29H,3-5,18-20H2,1-2H3. The molecule has 0 spiro atoms. The van der Waals surface area contributed by atoms with Gasteiger partial charge in [0.05, 0.1) is 6.61 Å². The summed E-state index contributed by atoms with van der Waals surface area (Å²) in [6.45, 7) is 9.09. The van der Waals surface area contributed by atoms with Gasteiger partial charge in [0, 0.05) is 23.8 Å². The molecule has 0 radical (unpaired) electrons. The van der Waals surface area contributed by atoms with Crippen molar-refractivity contribution in [1.82, 2.24) is 10.3 Å². The summed E-state index contributed by atoms with van der Waals surface area (Å²) in [5, 5.41) is 0.691. The van der Waals surface area contributed by atoms with Crippen LogP contribution in [0.15, 0.2) is 72.8 Å². The molecule has 0 amide bonds. The van der Waals surface area contributed by atoms with E-state index >= 15 is 0 Å². The van der Waals surface area contributed by atoms with Crippen LogP contribution in [0.25, 0.3) is 0 Å². The van der Waals surface area contributed by atoms with E-state index in [4.69, 9.17) is 21.1 Å². The van der Waals surface area contributed by atoms with Gasteiger partial charge in [0.25, 0.3) is 0 Å². The average Bonchev–Trinajstić information content (AvgIpc) is 2.83. The summed E-state index contributed by atoms with van der Waals surface area (Å²) in [6.07, 6.45) is 1.04. The first kappa shape index (κ1) is 23.9. The molecule has 0 saturated heterocycles. The number of hydrogen-bond donors (Lipinski definition) is 2. The minimum absolute atomic E-state index is 0.691. The maximum Gasteiger partial charge on any atom is 0.127 e. The maximum absolute atomic E-state index is 5.90. The molecule has 0 unspecified atom stereocenters. The van der Waals surface area contributed by atoms with Crippen molar-refractivity contribution in [3.8, 4) is 17.2 Å². The summed E-state index contributed by atoms with van der Waals surface area (Å²) in [6, 6.07) is 23.3. The zero-order valence-corrected chi connectivity index (χ0v) is 19.6. The monoisotopic (exact) mass is 453 g/mol. The molecule has 170 valence electrons. The van der Waals surface area contributed by atoms with Crippen molar-refractivity contribution in [1.29, 1.82) is 0 Å². The Bertz CT molecular complexity index is 911. The van der Waals surface area contributed by atoms with Crippen molar-refractivity contribution in [2.75, 3.05) is 31.7 Å². The molecule has 0 heterocycles. The quantitative estimate of drug-likeness (QED) is 0.233. The highest BCUT2D eigenvalue weighted by atomic mass is 35.5. The van der Waals surface area contributed by atoms with Crippen LogP contribution in [-0.4, -0.2) is 31.1 Å². The number of hydrogen-bond acceptors (Lipinski definition) is 5. The number of anilines is 1. The molecule has 2 N–H and O–H groups in total. The van der Waals surface area contributed by atoms with Gasteiger partial charge < -0.3 is 19.8 Å². The van der Waals surface area contributed by atoms with E-state index in [0.29, 0.717) is 11.6 Å². The topological polar surface area (TPSA) is 45.8 Å². The third-order valence-corrected chi connectivity index (χ3v) is 5.39. The number of benzene rings is 3. The molecule has 0 bridgehead atoms. The molecule has 0 saturated carbocycles. The third-order valence-electron chi connectivity index (χ3n) is 5.13. The first-order valence-corrected chi connectivity index (χ1v) is 11.5. The van der Waals surface area contributed by atoms with E-state index in [1.165, 1.54) is 5.56 Å². The largest absolute Gasteiger partial charge is 0.494 e. The van der Waals surface area contributed by atoms with Crippen molar-refractivity contribution in [3.63, 3.8) is 0 Å². The lowest BCUT2D eigenvalue weighted by atomic mass is 10.2. The molecular formula is C26H32ClN3O2. The summed E-state index contributed by atoms with van der Waals surface area (Å²) in [5.74, 6) is 2.44. The van der Waals surface area contributed by atoms with E-state index in [-0.39, 0.29) is 0 Å². The molecule has 5 nitrogen and oxygen atoms in total. The summed E-state index contributed by atoms with van der Waals surface area (Å²) in [5.41, 5.74) is 8.59. The Kier molecular flexibility index (Phi) is 9.69. The zero-order chi connectivity index (χ0) is 22.6. The van der Waals surface area contributed by atoms with Crippen LogP contribution < -0.4 is 20.3 Å². The molecule has 3 aromatic carbocycles. The Hall–Kier alpha value is -2.73. The number of nitrogens with one attached hydrogen (secondary N) is 2. The van der Waals surface area contributed by atoms with Crippen LogP contribution in [0, 0.1) is 0 Å². The van der Waals surface area contributed by atoms with E-state index in [2.05, 4.69) is 41.7 Å². The van der Waals surface area contributed by atoms with Gasteiger partial charge in [0.1, 0.15) is 17.2 Å². The Balaban J connectivity index is 1.36. The predicted molar refractivity (Wildman–Crippen MR) is 133 cm³/mol. The normalized spacial score (nSPS) is 10.9. The van der Waals surface area contributed by atoms with Crippen LogP contribution >= 0.6 is 11.6 Å². The second kappa shape index (κ2) is 13.0. The fourth-order valence-electron chi connectivity index (χ4n) is 3.21. The molecule has 0 fully saturated rings. The van der Waals surface area contributed by atoms with Crippen molar-refractivity contribution in [2.45, 2.75) is 26.8 Å². The highest BCUT2D eigenvalue weighted by Crippen LogP contribution is 2.24. The summed E-state index contributed by atoms with van der Waals surface area (Å²) in [4.78, 5) is 2.41. The van der Waals surface area contributed by atoms with Crippen molar-refractivity contribution in [2.24, 2.45) is 0 Å². The Morgan fingerprint density at radius 1 is 0.781 bits per heavy atom. The van der Waals surface area contributed by atoms with Crippen LogP contribution in [0.3, 0.4) is 0 Å². The first-order chi connectivity index (χ1) is 15.7. The lowest BCUT2D eigenvalue weighted by molar-refractivity contribution is 0.249. The molecule has 0 aliphatic carbocycles. The molecule has 3 aromatic rings. The number of hydrazine groups is 1. The van der Waals surface area contributed by atoms with E-state index in [0.717, 1.165) is 55.6 Å². The van der Waals surface area contributed by atoms with Gasteiger partial charge in [0.15, 0.2) is 0 Å². The van der Waals surface area contributed by atoms with E-state index < -0.39 is 0 Å². The smallest absolute Gasteiger partial charge is 0.127 e. The number of nitrogens with zero attached hydrogens (tertiary/aromatic N) is 1. The van der Waals surface area contributed by atoms with Gasteiger partial charge in [-0.2, -0.15) is 0 Å². The number of halogens is 1. The van der Waals surface area contributed by atoms with Crippen LogP contribution in [0.1, 0.15) is 25.8 Å². The molecule has 3 rings (SSSR count). The minimum Gasteiger partial charge on any atom is -0.494 e. The van der Waals surface area contributed by atoms with Gasteiger partial charge in [-0.3, -0.25) is 0 Å². The molecule has 32 heavy (non-hydrogen) atoms. The number of rotatable bonds is 13. The Labute approximate surface area is 196 Å². The van der Waals surface area contributed by atoms with Crippen LogP contribution in [0.5, 0.6) is 17.2 Å². The lowest BCUT2D eigenvalue weighted by Gasteiger charge is -2.17. The van der Waals surface area contributed by atoms with Gasteiger partial charge in [0.2, 0.25) is 0 Å². The third kappa shape index (κ3) is 8.08. The van der Waals surface area contributed by atoms with E-state index in [9.17, 15) is 0 Å². The second-order valence-electron chi connectivity index (χ2n) is 7.43. The zero-order valence-electron chi connectivity index (χ0n) is 18.8. The molecule has 6 heteroatoms. The highest BCUT2D eigenvalue weighted by Gasteiger charge is 2.01. The van der Waals surface area contributed by atoms with Gasteiger partial charge in [-0.05, 0) is 85.7 Å². The minimum atomic E-state index is 0.691. The van der Waals surface area contributed by atoms with E-state index in [1.54, 1.807) is 0 Å². The fourth-order valence-corrected chi connectivity index (χ4v) is 3.34. The van der Waals surface area contributed by atoms with Crippen molar-refractivity contribution < 1.29 is 9.47 Å². The van der Waals surface area contributed by atoms with Gasteiger partial charge >= 0.3 is 0 Å². The molecule has 0 aliphatic heterocycles. The predicted octanol–water partition coefficient (Wildman–Crippen LogP) is 6.36.